The van der Waals surface area contributed by atoms with E-state index in [1.165, 1.54) is 11.1 Å². The van der Waals surface area contributed by atoms with Crippen LogP contribution in [0.1, 0.15) is 36.0 Å². The molecule has 1 atom stereocenters. The second-order valence-corrected chi connectivity index (χ2v) is 9.80. The van der Waals surface area contributed by atoms with Gasteiger partial charge in [0, 0.05) is 32.3 Å². The van der Waals surface area contributed by atoms with E-state index in [0.29, 0.717) is 23.9 Å². The number of aliphatic hydroxyl groups is 1. The number of β-amino-alcohol motifs (C(OH)–C–C–N with tert-alkyl or cyclic N) is 1. The maximum atomic E-state index is 11.2. The minimum atomic E-state index is -0.887. The van der Waals surface area contributed by atoms with Crippen LogP contribution < -0.4 is 9.47 Å². The lowest BCUT2D eigenvalue weighted by Crippen LogP contribution is -2.51. The van der Waals surface area contributed by atoms with Crippen LogP contribution in [0.4, 0.5) is 0 Å². The van der Waals surface area contributed by atoms with Crippen LogP contribution in [0.25, 0.3) is 0 Å². The maximum Gasteiger partial charge on any atom is 0.138 e. The van der Waals surface area contributed by atoms with Gasteiger partial charge < -0.3 is 14.6 Å². The minimum Gasteiger partial charge on any atom is -0.494 e. The number of aromatic nitrogens is 2. The topological polar surface area (TPSA) is 59.8 Å². The molecule has 0 radical (unpaired) electrons. The molecule has 1 N–H and O–H groups in total. The Bertz CT molecular complexity index is 1070. The molecule has 1 fully saturated rings. The number of nitrogens with zero attached hydrogens (tertiary/aromatic N) is 3. The average Bonchev–Trinajstić information content (AvgIpc) is 3.23. The third-order valence-corrected chi connectivity index (χ3v) is 6.42. The molecule has 0 aliphatic carbocycles. The summed E-state index contributed by atoms with van der Waals surface area (Å²) in [6.07, 6.45) is 6.47. The van der Waals surface area contributed by atoms with E-state index in [1.807, 2.05) is 61.3 Å². The molecule has 0 amide bonds. The quantitative estimate of drug-likeness (QED) is 0.410. The zero-order valence-electron chi connectivity index (χ0n) is 20.0. The number of likely N-dealkylation sites (tertiary alicyclic amines) is 1. The summed E-state index contributed by atoms with van der Waals surface area (Å²) in [5, 5.41) is 16.0. The molecular weight excluding hydrogens is 450 g/mol. The predicted molar refractivity (Wildman–Crippen MR) is 135 cm³/mol. The molecular formula is C27H34ClN3O3. The molecule has 0 bridgehead atoms. The summed E-state index contributed by atoms with van der Waals surface area (Å²) in [5.41, 5.74) is 2.57. The summed E-state index contributed by atoms with van der Waals surface area (Å²) in [6.45, 7) is 8.09. The van der Waals surface area contributed by atoms with Crippen molar-refractivity contribution in [3.05, 3.63) is 76.6 Å². The molecule has 6 nitrogen and oxygen atoms in total. The average molecular weight is 484 g/mol. The Morgan fingerprint density at radius 2 is 1.91 bits per heavy atom. The molecule has 7 heteroatoms. The van der Waals surface area contributed by atoms with Crippen molar-refractivity contribution in [3.63, 3.8) is 0 Å². The molecule has 1 aromatic heterocycles. The first-order valence-corrected chi connectivity index (χ1v) is 12.3. The Kier molecular flexibility index (Phi) is 8.14. The Morgan fingerprint density at radius 1 is 1.09 bits per heavy atom. The van der Waals surface area contributed by atoms with Gasteiger partial charge in [0.05, 0.1) is 17.8 Å². The van der Waals surface area contributed by atoms with Crippen molar-refractivity contribution in [2.24, 2.45) is 0 Å². The summed E-state index contributed by atoms with van der Waals surface area (Å²) in [5.74, 6) is 1.50. The van der Waals surface area contributed by atoms with E-state index in [1.54, 1.807) is 0 Å². The van der Waals surface area contributed by atoms with Crippen LogP contribution in [0.2, 0.25) is 5.02 Å². The Balaban J connectivity index is 1.23. The van der Waals surface area contributed by atoms with E-state index in [-0.39, 0.29) is 6.61 Å². The first kappa shape index (κ1) is 24.6. The van der Waals surface area contributed by atoms with Crippen LogP contribution in [0.5, 0.6) is 11.5 Å². The lowest BCUT2D eigenvalue weighted by atomic mass is 9.93. The van der Waals surface area contributed by atoms with Gasteiger partial charge in [-0.25, -0.2) is 0 Å². The van der Waals surface area contributed by atoms with E-state index in [9.17, 15) is 5.11 Å². The van der Waals surface area contributed by atoms with Crippen molar-refractivity contribution < 1.29 is 14.6 Å². The second kappa shape index (κ2) is 11.3. The number of benzene rings is 2. The number of piperidine rings is 1. The summed E-state index contributed by atoms with van der Waals surface area (Å²) in [6, 6.07) is 13.9. The van der Waals surface area contributed by atoms with Gasteiger partial charge >= 0.3 is 0 Å². The van der Waals surface area contributed by atoms with Crippen LogP contribution in [0.15, 0.2) is 54.9 Å². The van der Waals surface area contributed by atoms with Crippen LogP contribution >= 0.6 is 11.6 Å². The minimum absolute atomic E-state index is 0.234. The number of halogens is 1. The zero-order chi connectivity index (χ0) is 24.0. The molecule has 1 aliphatic heterocycles. The molecule has 182 valence electrons. The van der Waals surface area contributed by atoms with Gasteiger partial charge in [0.15, 0.2) is 0 Å². The number of ether oxygens (including phenoxy) is 2. The third-order valence-electron chi connectivity index (χ3n) is 6.11. The van der Waals surface area contributed by atoms with Crippen molar-refractivity contribution in [1.82, 2.24) is 14.7 Å². The van der Waals surface area contributed by atoms with E-state index in [0.717, 1.165) is 50.2 Å². The molecule has 1 aliphatic rings. The van der Waals surface area contributed by atoms with Crippen molar-refractivity contribution in [3.8, 4) is 11.5 Å². The van der Waals surface area contributed by atoms with Gasteiger partial charge in [-0.05, 0) is 74.2 Å². The number of aryl methyl sites for hydroxylation is 3. The molecule has 3 aromatic rings. The molecule has 0 spiro atoms. The molecule has 0 unspecified atom stereocenters. The number of rotatable bonds is 10. The highest BCUT2D eigenvalue weighted by Crippen LogP contribution is 2.29. The fourth-order valence-electron chi connectivity index (χ4n) is 4.35. The van der Waals surface area contributed by atoms with E-state index < -0.39 is 5.60 Å². The van der Waals surface area contributed by atoms with Gasteiger partial charge in [-0.3, -0.25) is 9.58 Å². The van der Waals surface area contributed by atoms with Crippen LogP contribution in [0, 0.1) is 13.8 Å². The zero-order valence-corrected chi connectivity index (χ0v) is 20.8. The Labute approximate surface area is 207 Å². The SMILES string of the molecule is Cc1ccc(Cl)c(OC[C@]2(O)CCCN(Cc3ccc(OCCCn4cc(C)cn4)cc3)C2)c1. The van der Waals surface area contributed by atoms with Crippen molar-refractivity contribution in [2.45, 2.75) is 51.8 Å². The van der Waals surface area contributed by atoms with Gasteiger partial charge in [-0.2, -0.15) is 5.10 Å². The van der Waals surface area contributed by atoms with E-state index >= 15 is 0 Å². The fraction of sp³-hybridized carbons (Fsp3) is 0.444. The van der Waals surface area contributed by atoms with Gasteiger partial charge in [0.25, 0.3) is 0 Å². The predicted octanol–water partition coefficient (Wildman–Crippen LogP) is 5.03. The maximum absolute atomic E-state index is 11.2. The van der Waals surface area contributed by atoms with Gasteiger partial charge in [0.1, 0.15) is 23.7 Å². The first-order valence-electron chi connectivity index (χ1n) is 11.9. The second-order valence-electron chi connectivity index (χ2n) is 9.39. The molecule has 0 saturated carbocycles. The van der Waals surface area contributed by atoms with Crippen molar-refractivity contribution >= 4 is 11.6 Å². The van der Waals surface area contributed by atoms with Crippen LogP contribution in [-0.4, -0.2) is 51.7 Å². The fourth-order valence-corrected chi connectivity index (χ4v) is 4.52. The summed E-state index contributed by atoms with van der Waals surface area (Å²) >= 11 is 6.25. The Hall–Kier alpha value is -2.54. The smallest absolute Gasteiger partial charge is 0.138 e. The lowest BCUT2D eigenvalue weighted by Gasteiger charge is -2.39. The largest absolute Gasteiger partial charge is 0.494 e. The summed E-state index contributed by atoms with van der Waals surface area (Å²) < 4.78 is 13.7. The van der Waals surface area contributed by atoms with Crippen molar-refractivity contribution in [2.75, 3.05) is 26.3 Å². The molecule has 34 heavy (non-hydrogen) atoms. The number of hydrogen-bond acceptors (Lipinski definition) is 5. The highest BCUT2D eigenvalue weighted by Gasteiger charge is 2.34. The number of hydrogen-bond donors (Lipinski definition) is 1. The first-order chi connectivity index (χ1) is 16.4. The van der Waals surface area contributed by atoms with Gasteiger partial charge in [0.2, 0.25) is 0 Å². The van der Waals surface area contributed by atoms with Crippen LogP contribution in [-0.2, 0) is 13.1 Å². The molecule has 2 heterocycles. The molecule has 4 rings (SSSR count). The van der Waals surface area contributed by atoms with Crippen molar-refractivity contribution in [1.29, 1.82) is 0 Å². The highest BCUT2D eigenvalue weighted by atomic mass is 35.5. The Morgan fingerprint density at radius 3 is 2.68 bits per heavy atom. The highest BCUT2D eigenvalue weighted by molar-refractivity contribution is 6.32. The van der Waals surface area contributed by atoms with E-state index in [2.05, 4.69) is 22.1 Å². The van der Waals surface area contributed by atoms with Crippen LogP contribution in [0.3, 0.4) is 0 Å². The third kappa shape index (κ3) is 6.98. The van der Waals surface area contributed by atoms with E-state index in [4.69, 9.17) is 21.1 Å². The summed E-state index contributed by atoms with van der Waals surface area (Å²) in [7, 11) is 0. The summed E-state index contributed by atoms with van der Waals surface area (Å²) in [4.78, 5) is 2.28. The molecule has 1 saturated heterocycles. The van der Waals surface area contributed by atoms with Gasteiger partial charge in [-0.15, -0.1) is 0 Å². The lowest BCUT2D eigenvalue weighted by molar-refractivity contribution is -0.0620. The standard InChI is InChI=1S/C27H34ClN3O3/c1-21-5-10-25(28)26(15-21)34-20-27(32)11-3-12-30(19-27)18-23-6-8-24(9-7-23)33-14-4-13-31-17-22(2)16-29-31/h5-10,15-17,32H,3-4,11-14,18-20H2,1-2H3/t27-/m0/s1. The molecule has 2 aromatic carbocycles. The monoisotopic (exact) mass is 483 g/mol. The van der Waals surface area contributed by atoms with Gasteiger partial charge in [-0.1, -0.05) is 29.8 Å². The normalized spacial score (nSPS) is 18.7.